The van der Waals surface area contributed by atoms with Gasteiger partial charge < -0.3 is 9.55 Å². The number of likely N-dealkylation sites (tertiary alicyclic amines) is 1. The predicted molar refractivity (Wildman–Crippen MR) is 120 cm³/mol. The molecule has 3 aromatic heterocycles. The Bertz CT molecular complexity index is 1230. The molecule has 0 amide bonds. The zero-order valence-electron chi connectivity index (χ0n) is 16.3. The van der Waals surface area contributed by atoms with Gasteiger partial charge >= 0.3 is 0 Å². The first-order valence-electron chi connectivity index (χ1n) is 10.0. The molecule has 0 saturated carbocycles. The molecule has 1 N–H and O–H groups in total. The van der Waals surface area contributed by atoms with Gasteiger partial charge in [0.15, 0.2) is 0 Å². The minimum Gasteiger partial charge on any atom is -0.346 e. The molecule has 6 heteroatoms. The summed E-state index contributed by atoms with van der Waals surface area (Å²) in [6.45, 7) is 5.31. The highest BCUT2D eigenvalue weighted by Crippen LogP contribution is 2.33. The number of halogens is 1. The number of piperidine rings is 1. The van der Waals surface area contributed by atoms with Crippen LogP contribution in [0.5, 0.6) is 0 Å². The van der Waals surface area contributed by atoms with Crippen LogP contribution < -0.4 is 5.43 Å². The van der Waals surface area contributed by atoms with E-state index in [1.807, 2.05) is 18.5 Å². The number of fused-ring (bicyclic) bond motifs is 3. The molecule has 2 atom stereocenters. The zero-order valence-corrected chi connectivity index (χ0v) is 17.9. The predicted octanol–water partition coefficient (Wildman–Crippen LogP) is 4.72. The van der Waals surface area contributed by atoms with Gasteiger partial charge in [-0.05, 0) is 46.4 Å². The Morgan fingerprint density at radius 2 is 2.03 bits per heavy atom. The zero-order chi connectivity index (χ0) is 20.0. The van der Waals surface area contributed by atoms with Gasteiger partial charge in [-0.2, -0.15) is 0 Å². The summed E-state index contributed by atoms with van der Waals surface area (Å²) in [7, 11) is 0. The molecule has 5 rings (SSSR count). The van der Waals surface area contributed by atoms with Crippen molar-refractivity contribution in [3.05, 3.63) is 75.2 Å². The summed E-state index contributed by atoms with van der Waals surface area (Å²) in [5.74, 6) is 0.516. The monoisotopic (exact) mass is 450 g/mol. The number of aromatic amines is 1. The molecule has 1 fully saturated rings. The summed E-state index contributed by atoms with van der Waals surface area (Å²) in [6, 6.07) is 12.9. The van der Waals surface area contributed by atoms with Gasteiger partial charge in [0.25, 0.3) is 0 Å². The fraction of sp³-hybridized carbons (Fsp3) is 0.304. The van der Waals surface area contributed by atoms with Gasteiger partial charge in [-0.15, -0.1) is 0 Å². The summed E-state index contributed by atoms with van der Waals surface area (Å²) in [4.78, 5) is 22.9. The number of hydrogen-bond acceptors (Lipinski definition) is 3. The van der Waals surface area contributed by atoms with Gasteiger partial charge in [-0.25, -0.2) is 4.98 Å². The normalized spacial score (nSPS) is 20.5. The molecular formula is C23H23BrN4O. The molecule has 148 valence electrons. The molecule has 4 aromatic rings. The van der Waals surface area contributed by atoms with Crippen LogP contribution in [0.2, 0.25) is 0 Å². The Morgan fingerprint density at radius 1 is 1.21 bits per heavy atom. The van der Waals surface area contributed by atoms with Crippen molar-refractivity contribution in [3.8, 4) is 0 Å². The highest BCUT2D eigenvalue weighted by Gasteiger charge is 2.29. The van der Waals surface area contributed by atoms with Crippen LogP contribution in [0.3, 0.4) is 0 Å². The van der Waals surface area contributed by atoms with Gasteiger partial charge in [-0.3, -0.25) is 9.69 Å². The van der Waals surface area contributed by atoms with E-state index >= 15 is 0 Å². The first kappa shape index (κ1) is 18.6. The second-order valence-corrected chi connectivity index (χ2v) is 8.88. The minimum absolute atomic E-state index is 0.00328. The van der Waals surface area contributed by atoms with E-state index in [1.165, 1.54) is 5.56 Å². The van der Waals surface area contributed by atoms with Gasteiger partial charge in [-0.1, -0.05) is 37.3 Å². The number of rotatable bonds is 3. The number of nitrogens with one attached hydrogen (secondary N) is 1. The Kier molecular flexibility index (Phi) is 4.76. The number of pyridine rings is 2. The summed E-state index contributed by atoms with van der Waals surface area (Å²) in [6.07, 6.45) is 6.70. The maximum Gasteiger partial charge on any atom is 0.205 e. The molecule has 0 spiro atoms. The lowest BCUT2D eigenvalue weighted by Crippen LogP contribution is -2.40. The van der Waals surface area contributed by atoms with Crippen molar-refractivity contribution >= 4 is 37.9 Å². The maximum absolute atomic E-state index is 12.8. The average molecular weight is 451 g/mol. The number of nitrogens with zero attached hydrogens (tertiary/aromatic N) is 3. The fourth-order valence-electron chi connectivity index (χ4n) is 4.54. The van der Waals surface area contributed by atoms with Crippen molar-refractivity contribution in [2.75, 3.05) is 13.1 Å². The smallest absolute Gasteiger partial charge is 0.205 e. The van der Waals surface area contributed by atoms with Crippen LogP contribution in [-0.4, -0.2) is 32.5 Å². The van der Waals surface area contributed by atoms with Crippen molar-refractivity contribution in [1.29, 1.82) is 0 Å². The maximum atomic E-state index is 12.8. The first-order valence-corrected chi connectivity index (χ1v) is 10.8. The molecule has 0 aliphatic carbocycles. The van der Waals surface area contributed by atoms with Crippen molar-refractivity contribution < 1.29 is 0 Å². The van der Waals surface area contributed by atoms with Crippen LogP contribution in [0.15, 0.2) is 64.3 Å². The number of aromatic nitrogens is 3. The number of hydrogen-bond donors (Lipinski definition) is 1. The molecule has 0 bridgehead atoms. The van der Waals surface area contributed by atoms with E-state index in [9.17, 15) is 4.79 Å². The van der Waals surface area contributed by atoms with Crippen molar-refractivity contribution in [2.45, 2.75) is 25.9 Å². The van der Waals surface area contributed by atoms with E-state index in [0.29, 0.717) is 15.8 Å². The second-order valence-electron chi connectivity index (χ2n) is 8.03. The largest absolute Gasteiger partial charge is 0.346 e. The quantitative estimate of drug-likeness (QED) is 0.490. The highest BCUT2D eigenvalue weighted by molar-refractivity contribution is 9.10. The molecular weight excluding hydrogens is 428 g/mol. The Labute approximate surface area is 177 Å². The van der Waals surface area contributed by atoms with Crippen molar-refractivity contribution in [3.63, 3.8) is 0 Å². The highest BCUT2D eigenvalue weighted by atomic mass is 79.9. The summed E-state index contributed by atoms with van der Waals surface area (Å²) >= 11 is 3.49. The van der Waals surface area contributed by atoms with Gasteiger partial charge in [0.05, 0.1) is 15.4 Å². The van der Waals surface area contributed by atoms with E-state index in [1.54, 1.807) is 6.20 Å². The molecule has 1 saturated heterocycles. The topological polar surface area (TPSA) is 53.9 Å². The number of H-pyrrole nitrogens is 1. The van der Waals surface area contributed by atoms with Gasteiger partial charge in [0.2, 0.25) is 5.43 Å². The van der Waals surface area contributed by atoms with E-state index in [4.69, 9.17) is 0 Å². The van der Waals surface area contributed by atoms with Crippen LogP contribution >= 0.6 is 15.9 Å². The molecule has 1 aromatic carbocycles. The molecule has 0 radical (unpaired) electrons. The Balaban J connectivity index is 1.61. The standard InChI is InChI=1S/C23H23BrN4O/c1-15-8-10-27(12-16-5-3-2-4-6-16)14-20(15)28-13-19(24)22(29)18-11-26-23-17(21(18)28)7-9-25-23/h2-7,9,11,13,15,20H,8,10,12,14H2,1H3,(H,25,26)/t15-,20+/m1/s1. The third-order valence-electron chi connectivity index (χ3n) is 6.14. The molecule has 5 nitrogen and oxygen atoms in total. The van der Waals surface area contributed by atoms with Crippen LogP contribution in [0.1, 0.15) is 24.9 Å². The Morgan fingerprint density at radius 3 is 2.86 bits per heavy atom. The van der Waals surface area contributed by atoms with Gasteiger partial charge in [0, 0.05) is 43.1 Å². The summed E-state index contributed by atoms with van der Waals surface area (Å²) in [5, 5.41) is 1.67. The first-order chi connectivity index (χ1) is 14.1. The lowest BCUT2D eigenvalue weighted by Gasteiger charge is -2.39. The van der Waals surface area contributed by atoms with Crippen molar-refractivity contribution in [1.82, 2.24) is 19.4 Å². The summed E-state index contributed by atoms with van der Waals surface area (Å²) in [5.41, 5.74) is 3.13. The molecule has 1 aliphatic heterocycles. The van der Waals surface area contributed by atoms with Gasteiger partial charge in [0.1, 0.15) is 5.65 Å². The molecule has 1 aliphatic rings. The fourth-order valence-corrected chi connectivity index (χ4v) is 4.97. The molecule has 0 unspecified atom stereocenters. The summed E-state index contributed by atoms with van der Waals surface area (Å²) < 4.78 is 2.90. The van der Waals surface area contributed by atoms with Crippen LogP contribution in [0, 0.1) is 5.92 Å². The third-order valence-corrected chi connectivity index (χ3v) is 6.70. The third kappa shape index (κ3) is 3.30. The van der Waals surface area contributed by atoms with E-state index in [-0.39, 0.29) is 11.5 Å². The Hall–Kier alpha value is -2.44. The van der Waals surface area contributed by atoms with E-state index < -0.39 is 0 Å². The van der Waals surface area contributed by atoms with Crippen LogP contribution in [-0.2, 0) is 6.54 Å². The lowest BCUT2D eigenvalue weighted by molar-refractivity contribution is 0.128. The minimum atomic E-state index is -0.00328. The van der Waals surface area contributed by atoms with Crippen molar-refractivity contribution in [2.24, 2.45) is 5.92 Å². The van der Waals surface area contributed by atoms with Crippen LogP contribution in [0.4, 0.5) is 0 Å². The molecule has 4 heterocycles. The average Bonchev–Trinajstić information content (AvgIpc) is 3.22. The van der Waals surface area contributed by atoms with E-state index in [0.717, 1.165) is 42.6 Å². The lowest BCUT2D eigenvalue weighted by atomic mass is 9.92. The second kappa shape index (κ2) is 7.43. The molecule has 29 heavy (non-hydrogen) atoms. The number of benzene rings is 1. The van der Waals surface area contributed by atoms with Crippen LogP contribution in [0.25, 0.3) is 21.9 Å². The SMILES string of the molecule is C[C@@H]1CCN(Cc2ccccc2)C[C@@H]1n1cc(Br)c(=O)c2cnc3[nH]ccc3c21. The van der Waals surface area contributed by atoms with E-state index in [2.05, 4.69) is 72.6 Å².